The summed E-state index contributed by atoms with van der Waals surface area (Å²) in [6.07, 6.45) is 3.69. The molecule has 3 aromatic carbocycles. The molecule has 1 aliphatic carbocycles. The second-order valence-electron chi connectivity index (χ2n) is 10.1. The van der Waals surface area contributed by atoms with Gasteiger partial charge in [0.2, 0.25) is 0 Å². The lowest BCUT2D eigenvalue weighted by Crippen LogP contribution is -2.40. The fourth-order valence-electron chi connectivity index (χ4n) is 4.25. The van der Waals surface area contributed by atoms with Crippen LogP contribution in [0.5, 0.6) is 0 Å². The van der Waals surface area contributed by atoms with E-state index in [0.29, 0.717) is 0 Å². The van der Waals surface area contributed by atoms with Crippen molar-refractivity contribution in [3.8, 4) is 0 Å². The Bertz CT molecular complexity index is 975. The molecule has 3 aromatic rings. The number of rotatable bonds is 4. The van der Waals surface area contributed by atoms with E-state index < -0.39 is 5.60 Å². The van der Waals surface area contributed by atoms with Crippen molar-refractivity contribution in [3.05, 3.63) is 120 Å². The Labute approximate surface area is 236 Å². The molecule has 0 saturated heterocycles. The molecule has 0 radical (unpaired) electrons. The molecule has 1 amide bonds. The highest BCUT2D eigenvalue weighted by Gasteiger charge is 2.30. The first-order valence-corrected chi connectivity index (χ1v) is 12.9. The van der Waals surface area contributed by atoms with Gasteiger partial charge >= 0.3 is 6.09 Å². The summed E-state index contributed by atoms with van der Waals surface area (Å²) in [5, 5.41) is 2.69. The van der Waals surface area contributed by atoms with E-state index in [0.717, 1.165) is 25.7 Å². The Morgan fingerprint density at radius 1 is 0.806 bits per heavy atom. The number of halogens is 1. The molecule has 0 heterocycles. The van der Waals surface area contributed by atoms with Crippen LogP contribution in [-0.2, 0) is 9.89 Å². The lowest BCUT2D eigenvalue weighted by Gasteiger charge is -2.31. The molecule has 5 heteroatoms. The monoisotopic (exact) mass is 615 g/mol. The molecule has 0 bridgehead atoms. The molecular weight excluding hydrogens is 576 g/mol. The van der Waals surface area contributed by atoms with Crippen molar-refractivity contribution in [1.82, 2.24) is 5.32 Å². The fraction of sp³-hybridized carbons (Fsp3) is 0.323. The van der Waals surface area contributed by atoms with Crippen LogP contribution in [0.2, 0.25) is 0 Å². The SMILES string of the molecule is C=C1CCC(NC(=O)OC(C)(C)C)CC1.I.PC(c1ccccc1)(c1ccccc1)c1ccccc1. The highest BCUT2D eigenvalue weighted by atomic mass is 127. The van der Waals surface area contributed by atoms with E-state index in [-0.39, 0.29) is 41.3 Å². The summed E-state index contributed by atoms with van der Waals surface area (Å²) >= 11 is 0. The van der Waals surface area contributed by atoms with Crippen molar-refractivity contribution in [2.75, 3.05) is 0 Å². The summed E-state index contributed by atoms with van der Waals surface area (Å²) in [6, 6.07) is 32.1. The minimum atomic E-state index is -0.414. The highest BCUT2D eigenvalue weighted by Crippen LogP contribution is 2.44. The number of amides is 1. The number of alkyl carbamates (subject to hydrolysis) is 1. The summed E-state index contributed by atoms with van der Waals surface area (Å²) in [5.41, 5.74) is 4.71. The third kappa shape index (κ3) is 8.74. The topological polar surface area (TPSA) is 38.3 Å². The van der Waals surface area contributed by atoms with Crippen molar-refractivity contribution in [2.24, 2.45) is 0 Å². The first-order valence-electron chi connectivity index (χ1n) is 12.3. The average molecular weight is 616 g/mol. The molecular formula is C31H39INO2P. The van der Waals surface area contributed by atoms with Crippen LogP contribution < -0.4 is 5.32 Å². The minimum absolute atomic E-state index is 0. The van der Waals surface area contributed by atoms with Crippen molar-refractivity contribution >= 4 is 39.3 Å². The second kappa shape index (κ2) is 13.9. The standard InChI is InChI=1S/C19H17P.C12H21NO2.HI/c20-19(16-10-4-1-5-11-16,17-12-6-2-7-13-17)18-14-8-3-9-15-18;1-9-5-7-10(8-6-9)13-11(14)15-12(2,3)4;/h1-15H,20H2;10H,1,5-8H2,2-4H3,(H,13,14);1H. The first-order chi connectivity index (χ1) is 16.7. The predicted molar refractivity (Wildman–Crippen MR) is 165 cm³/mol. The smallest absolute Gasteiger partial charge is 0.407 e. The van der Waals surface area contributed by atoms with E-state index in [1.54, 1.807) is 0 Å². The van der Waals surface area contributed by atoms with Crippen molar-refractivity contribution in [3.63, 3.8) is 0 Å². The predicted octanol–water partition coefficient (Wildman–Crippen LogP) is 8.48. The van der Waals surface area contributed by atoms with Crippen LogP contribution in [0, 0.1) is 0 Å². The summed E-state index contributed by atoms with van der Waals surface area (Å²) in [5.74, 6) is 0. The van der Waals surface area contributed by atoms with Gasteiger partial charge in [-0.15, -0.1) is 33.2 Å². The largest absolute Gasteiger partial charge is 0.444 e. The minimum Gasteiger partial charge on any atom is -0.444 e. The van der Waals surface area contributed by atoms with Crippen LogP contribution in [0.3, 0.4) is 0 Å². The van der Waals surface area contributed by atoms with Gasteiger partial charge in [0, 0.05) is 6.04 Å². The molecule has 1 aliphatic rings. The number of carbonyl (C=O) groups excluding carboxylic acids is 1. The third-order valence-corrected chi connectivity index (χ3v) is 7.10. The van der Waals surface area contributed by atoms with E-state index in [4.69, 9.17) is 4.74 Å². The Kier molecular flexibility index (Phi) is 11.6. The summed E-state index contributed by atoms with van der Waals surface area (Å²) in [4.78, 5) is 11.5. The lowest BCUT2D eigenvalue weighted by atomic mass is 9.84. The van der Waals surface area contributed by atoms with Crippen LogP contribution in [0.1, 0.15) is 63.1 Å². The lowest BCUT2D eigenvalue weighted by molar-refractivity contribution is 0.0496. The Hall–Kier alpha value is -2.17. The number of nitrogens with one attached hydrogen (secondary N) is 1. The molecule has 0 spiro atoms. The number of carbonyl (C=O) groups is 1. The van der Waals surface area contributed by atoms with Gasteiger partial charge in [0.05, 0.1) is 5.16 Å². The van der Waals surface area contributed by atoms with Gasteiger partial charge in [-0.25, -0.2) is 4.79 Å². The maximum absolute atomic E-state index is 11.5. The number of benzene rings is 3. The van der Waals surface area contributed by atoms with E-state index in [2.05, 4.69) is 112 Å². The van der Waals surface area contributed by atoms with Crippen molar-refractivity contribution < 1.29 is 9.53 Å². The molecule has 1 fully saturated rings. The van der Waals surface area contributed by atoms with E-state index in [1.807, 2.05) is 20.8 Å². The van der Waals surface area contributed by atoms with Gasteiger partial charge in [-0.05, 0) is 63.1 Å². The maximum Gasteiger partial charge on any atom is 0.407 e. The molecule has 0 aromatic heterocycles. The molecule has 36 heavy (non-hydrogen) atoms. The summed E-state index contributed by atoms with van der Waals surface area (Å²) in [6.45, 7) is 9.55. The van der Waals surface area contributed by atoms with Gasteiger partial charge < -0.3 is 10.1 Å². The van der Waals surface area contributed by atoms with Crippen molar-refractivity contribution in [2.45, 2.75) is 63.3 Å². The van der Waals surface area contributed by atoms with Gasteiger partial charge in [-0.1, -0.05) is 103 Å². The third-order valence-electron chi connectivity index (χ3n) is 6.10. The number of hydrogen-bond acceptors (Lipinski definition) is 2. The highest BCUT2D eigenvalue weighted by molar-refractivity contribution is 14.0. The van der Waals surface area contributed by atoms with E-state index in [1.165, 1.54) is 22.3 Å². The van der Waals surface area contributed by atoms with E-state index >= 15 is 0 Å². The van der Waals surface area contributed by atoms with Crippen LogP contribution in [0.25, 0.3) is 0 Å². The van der Waals surface area contributed by atoms with Crippen molar-refractivity contribution in [1.29, 1.82) is 0 Å². The Morgan fingerprint density at radius 3 is 1.50 bits per heavy atom. The molecule has 1 atom stereocenters. The van der Waals surface area contributed by atoms with Gasteiger partial charge in [0.1, 0.15) is 5.60 Å². The summed E-state index contributed by atoms with van der Waals surface area (Å²) < 4.78 is 5.19. The molecule has 3 nitrogen and oxygen atoms in total. The molecule has 0 aliphatic heterocycles. The molecule has 1 saturated carbocycles. The Balaban J connectivity index is 0.000000258. The maximum atomic E-state index is 11.5. The molecule has 1 N–H and O–H groups in total. The molecule has 192 valence electrons. The number of ether oxygens (including phenoxy) is 1. The Morgan fingerprint density at radius 2 is 1.17 bits per heavy atom. The van der Waals surface area contributed by atoms with Gasteiger partial charge in [-0.3, -0.25) is 0 Å². The van der Waals surface area contributed by atoms with Gasteiger partial charge in [0.15, 0.2) is 0 Å². The molecule has 1 unspecified atom stereocenters. The first kappa shape index (κ1) is 30.1. The van der Waals surface area contributed by atoms with Gasteiger partial charge in [0.25, 0.3) is 0 Å². The second-order valence-corrected chi connectivity index (χ2v) is 10.9. The quantitative estimate of drug-likeness (QED) is 0.138. The molecule has 4 rings (SSSR count). The van der Waals surface area contributed by atoms with E-state index in [9.17, 15) is 4.79 Å². The summed E-state index contributed by atoms with van der Waals surface area (Å²) in [7, 11) is 3.06. The normalized spacial score (nSPS) is 14.1. The van der Waals surface area contributed by atoms with Crippen LogP contribution in [-0.4, -0.2) is 17.7 Å². The number of hydrogen-bond donors (Lipinski definition) is 1. The zero-order chi connectivity index (χ0) is 25.3. The van der Waals surface area contributed by atoms with Crippen LogP contribution in [0.4, 0.5) is 4.79 Å². The van der Waals surface area contributed by atoms with Gasteiger partial charge in [-0.2, -0.15) is 0 Å². The zero-order valence-electron chi connectivity index (χ0n) is 21.6. The van der Waals surface area contributed by atoms with Crippen LogP contribution >= 0.6 is 33.2 Å². The zero-order valence-corrected chi connectivity index (χ0v) is 25.1. The number of allylic oxidation sites excluding steroid dienone is 1. The van der Waals surface area contributed by atoms with Crippen LogP contribution in [0.15, 0.2) is 103 Å². The average Bonchev–Trinajstić information content (AvgIpc) is 2.86. The fourth-order valence-corrected chi connectivity index (χ4v) is 4.83.